The van der Waals surface area contributed by atoms with Crippen molar-refractivity contribution in [3.63, 3.8) is 0 Å². The maximum atomic E-state index is 13.9. The zero-order valence-corrected chi connectivity index (χ0v) is 37.6. The van der Waals surface area contributed by atoms with Crippen LogP contribution in [-0.2, 0) is 38.0 Å². The van der Waals surface area contributed by atoms with Gasteiger partial charge in [0.25, 0.3) is 0 Å². The number of ether oxygens (including phenoxy) is 6. The molecule has 0 amide bonds. The molecule has 4 heterocycles. The zero-order chi connectivity index (χ0) is 44.3. The molecular formula is C45H78N2O13. The zero-order valence-electron chi connectivity index (χ0n) is 37.6. The number of rotatable bonds is 11. The number of cyclic esters (lactones) is 1. The van der Waals surface area contributed by atoms with Crippen molar-refractivity contribution in [1.82, 2.24) is 9.80 Å². The largest absolute Gasteiger partial charge is 0.462 e. The van der Waals surface area contributed by atoms with Crippen LogP contribution in [0.1, 0.15) is 99.3 Å². The third kappa shape index (κ3) is 13.8. The third-order valence-corrected chi connectivity index (χ3v) is 13.2. The molecule has 15 heteroatoms. The lowest BCUT2D eigenvalue weighted by atomic mass is 9.79. The Morgan fingerprint density at radius 2 is 1.47 bits per heavy atom. The average Bonchev–Trinajstić information content (AvgIpc) is 3.19. The number of carbonyl (C=O) groups excluding carboxylic acids is 2. The van der Waals surface area contributed by atoms with Crippen molar-refractivity contribution in [3.05, 3.63) is 23.8 Å². The summed E-state index contributed by atoms with van der Waals surface area (Å²) in [5.41, 5.74) is 0.737. The van der Waals surface area contributed by atoms with Crippen LogP contribution in [0.3, 0.4) is 0 Å². The number of methoxy groups -OCH3 is 1. The first-order valence-electron chi connectivity index (χ1n) is 22.5. The summed E-state index contributed by atoms with van der Waals surface area (Å²) in [6.07, 6.45) is 0.302. The van der Waals surface area contributed by atoms with E-state index < -0.39 is 103 Å². The number of carbonyl (C=O) groups is 2. The van der Waals surface area contributed by atoms with Crippen LogP contribution in [0, 0.1) is 23.7 Å². The summed E-state index contributed by atoms with van der Waals surface area (Å²) in [5, 5.41) is 55.5. The molecular weight excluding hydrogens is 776 g/mol. The number of hydrogen-bond donors (Lipinski definition) is 5. The summed E-state index contributed by atoms with van der Waals surface area (Å²) in [6, 6.07) is -0.686. The van der Waals surface area contributed by atoms with Crippen molar-refractivity contribution in [2.45, 2.75) is 179 Å². The van der Waals surface area contributed by atoms with Crippen molar-refractivity contribution in [3.8, 4) is 0 Å². The molecule has 0 aromatic carbocycles. The standard InChI is InChI=1S/C45H78N2O13/c1-10-35-32(25-56-45-43(55-9)41(54)39(52)30(6)58-45)22-26(2)16-17-33(48)27(3)23-31(18-21-47-19-14-12-11-13-15-20-47)42(28(4)34(49)24-36(50)59-35)60-44-40(53)37(46(7)8)38(51)29(5)57-44/h16-17,22,27-32,34-35,37-45,49,51-54H,10-15,18-21,23-25H2,1-9H3/b17-16+,26-22+/t27-,28+,29-,30-,31+,32-,34-,35-,37+,38-,39-,40-,41-,42-,43-,44+,45-/m1/s1. The van der Waals surface area contributed by atoms with Gasteiger partial charge in [0.05, 0.1) is 49.6 Å². The Morgan fingerprint density at radius 3 is 2.10 bits per heavy atom. The van der Waals surface area contributed by atoms with Crippen molar-refractivity contribution in [1.29, 1.82) is 0 Å². The highest BCUT2D eigenvalue weighted by Gasteiger charge is 2.48. The van der Waals surface area contributed by atoms with Gasteiger partial charge >= 0.3 is 5.97 Å². The fraction of sp³-hybridized carbons (Fsp3) is 0.867. The van der Waals surface area contributed by atoms with Crippen LogP contribution in [0.4, 0.5) is 0 Å². The van der Waals surface area contributed by atoms with Crippen molar-refractivity contribution in [2.24, 2.45) is 23.7 Å². The summed E-state index contributed by atoms with van der Waals surface area (Å²) in [6.45, 7) is 13.5. The highest BCUT2D eigenvalue weighted by molar-refractivity contribution is 5.91. The number of likely N-dealkylation sites (tertiary alicyclic amines) is 1. The van der Waals surface area contributed by atoms with Gasteiger partial charge in [0, 0.05) is 24.9 Å². The predicted octanol–water partition coefficient (Wildman–Crippen LogP) is 2.98. The van der Waals surface area contributed by atoms with Gasteiger partial charge in [-0.2, -0.15) is 0 Å². The Balaban J connectivity index is 1.68. The molecule has 4 rings (SSSR count). The molecule has 5 N–H and O–H groups in total. The first-order chi connectivity index (χ1) is 28.5. The molecule has 15 nitrogen and oxygen atoms in total. The number of likely N-dealkylation sites (N-methyl/N-ethyl adjacent to an activating group) is 1. The predicted molar refractivity (Wildman–Crippen MR) is 225 cm³/mol. The number of allylic oxidation sites excluding steroid dienone is 3. The Morgan fingerprint density at radius 1 is 0.833 bits per heavy atom. The lowest BCUT2D eigenvalue weighted by Crippen LogP contribution is -2.63. The molecule has 0 unspecified atom stereocenters. The van der Waals surface area contributed by atoms with Gasteiger partial charge in [-0.05, 0) is 98.6 Å². The van der Waals surface area contributed by atoms with Crippen LogP contribution < -0.4 is 0 Å². The van der Waals surface area contributed by atoms with E-state index in [1.165, 1.54) is 26.4 Å². The van der Waals surface area contributed by atoms with E-state index in [2.05, 4.69) is 4.90 Å². The second-order valence-electron chi connectivity index (χ2n) is 18.1. The Labute approximate surface area is 358 Å². The van der Waals surface area contributed by atoms with Gasteiger partial charge in [-0.1, -0.05) is 57.8 Å². The summed E-state index contributed by atoms with van der Waals surface area (Å²) in [7, 11) is 4.94. The summed E-state index contributed by atoms with van der Waals surface area (Å²) >= 11 is 0. The molecule has 3 fully saturated rings. The molecule has 0 aromatic heterocycles. The Hall–Kier alpha value is -1.86. The normalized spacial score (nSPS) is 42.8. The first kappa shape index (κ1) is 50.8. The summed E-state index contributed by atoms with van der Waals surface area (Å²) in [4.78, 5) is 32.0. The fourth-order valence-corrected chi connectivity index (χ4v) is 9.32. The fourth-order valence-electron chi connectivity index (χ4n) is 9.32. The van der Waals surface area contributed by atoms with Crippen LogP contribution in [-0.4, -0.2) is 174 Å². The van der Waals surface area contributed by atoms with Gasteiger partial charge in [0.2, 0.25) is 0 Å². The minimum Gasteiger partial charge on any atom is -0.462 e. The van der Waals surface area contributed by atoms with Crippen LogP contribution >= 0.6 is 0 Å². The number of hydrogen-bond acceptors (Lipinski definition) is 15. The molecule has 0 bridgehead atoms. The quantitative estimate of drug-likeness (QED) is 0.190. The summed E-state index contributed by atoms with van der Waals surface area (Å²) < 4.78 is 36.5. The number of aliphatic hydroxyl groups excluding tert-OH is 5. The van der Waals surface area contributed by atoms with E-state index in [1.54, 1.807) is 45.0 Å². The van der Waals surface area contributed by atoms with E-state index in [1.807, 2.05) is 33.8 Å². The number of ketones is 1. The first-order valence-corrected chi connectivity index (χ1v) is 22.5. The molecule has 0 radical (unpaired) electrons. The van der Waals surface area contributed by atoms with Gasteiger partial charge in [-0.3, -0.25) is 9.59 Å². The topological polar surface area (TPSA) is 197 Å². The lowest BCUT2D eigenvalue weighted by Gasteiger charge is -2.47. The molecule has 3 saturated heterocycles. The van der Waals surface area contributed by atoms with Crippen LogP contribution in [0.2, 0.25) is 0 Å². The molecule has 17 atom stereocenters. The third-order valence-electron chi connectivity index (χ3n) is 13.2. The van der Waals surface area contributed by atoms with Gasteiger partial charge < -0.3 is 63.8 Å². The number of aliphatic hydroxyl groups is 5. The molecule has 346 valence electrons. The monoisotopic (exact) mass is 855 g/mol. The molecule has 0 aromatic rings. The van der Waals surface area contributed by atoms with Crippen molar-refractivity contribution >= 4 is 11.8 Å². The van der Waals surface area contributed by atoms with E-state index in [0.717, 1.165) is 38.0 Å². The van der Waals surface area contributed by atoms with Gasteiger partial charge in [-0.15, -0.1) is 0 Å². The maximum absolute atomic E-state index is 13.9. The second-order valence-corrected chi connectivity index (χ2v) is 18.1. The lowest BCUT2D eigenvalue weighted by molar-refractivity contribution is -0.304. The van der Waals surface area contributed by atoms with E-state index in [0.29, 0.717) is 19.3 Å². The number of nitrogens with zero attached hydrogens (tertiary/aromatic N) is 2. The van der Waals surface area contributed by atoms with Crippen LogP contribution in [0.25, 0.3) is 0 Å². The van der Waals surface area contributed by atoms with E-state index in [9.17, 15) is 35.1 Å². The average molecular weight is 855 g/mol. The van der Waals surface area contributed by atoms with Crippen LogP contribution in [0.15, 0.2) is 23.8 Å². The van der Waals surface area contributed by atoms with Crippen LogP contribution in [0.5, 0.6) is 0 Å². The minimum absolute atomic E-state index is 0.0142. The molecule has 4 aliphatic heterocycles. The van der Waals surface area contributed by atoms with Crippen molar-refractivity contribution in [2.75, 3.05) is 47.4 Å². The van der Waals surface area contributed by atoms with E-state index >= 15 is 0 Å². The van der Waals surface area contributed by atoms with E-state index in [-0.39, 0.29) is 24.7 Å². The molecule has 0 aliphatic carbocycles. The highest BCUT2D eigenvalue weighted by atomic mass is 16.7. The Kier molecular flexibility index (Phi) is 20.5. The van der Waals surface area contributed by atoms with Crippen molar-refractivity contribution < 1.29 is 63.5 Å². The molecule has 4 aliphatic rings. The van der Waals surface area contributed by atoms with Gasteiger partial charge in [0.1, 0.15) is 30.5 Å². The molecule has 0 saturated carbocycles. The van der Waals surface area contributed by atoms with Gasteiger partial charge in [-0.25, -0.2) is 0 Å². The van der Waals surface area contributed by atoms with Gasteiger partial charge in [0.15, 0.2) is 18.4 Å². The Bertz CT molecular complexity index is 1370. The smallest absolute Gasteiger partial charge is 0.308 e. The second kappa shape index (κ2) is 24.3. The minimum atomic E-state index is -1.25. The molecule has 0 spiro atoms. The van der Waals surface area contributed by atoms with E-state index in [4.69, 9.17) is 28.4 Å². The number of esters is 1. The summed E-state index contributed by atoms with van der Waals surface area (Å²) in [5.74, 6) is -2.62. The SMILES string of the molecule is CC[C@H]1OC(=O)C[C@@H](O)[C@H](C)[C@@H](O[C@@H]2O[C@H](C)[C@@H](O)[C@H](N(C)C)[C@H]2O)[C@@H](CCN2CCCCCCC2)C[C@@H](C)C(=O)/C=C/C(C)=C/[C@@H]1CO[C@@H]1O[C@H](C)[C@@H](O)[C@@H](O)[C@H]1OC. The highest BCUT2D eigenvalue weighted by Crippen LogP contribution is 2.35. The maximum Gasteiger partial charge on any atom is 0.308 e. The molecule has 60 heavy (non-hydrogen) atoms.